The largest absolute Gasteiger partial charge is 0.497 e. The molecule has 2 aromatic carbocycles. The van der Waals surface area contributed by atoms with Crippen LogP contribution in [0.4, 0.5) is 5.82 Å². The molecule has 1 aliphatic rings. The maximum absolute atomic E-state index is 12.9. The number of nitrogens with zero attached hydrogens (tertiary/aromatic N) is 3. The summed E-state index contributed by atoms with van der Waals surface area (Å²) < 4.78 is 5.22. The van der Waals surface area contributed by atoms with Crippen molar-refractivity contribution in [2.24, 2.45) is 0 Å². The smallest absolute Gasteiger partial charge is 0.253 e. The van der Waals surface area contributed by atoms with E-state index < -0.39 is 0 Å². The molecule has 0 atom stereocenters. The summed E-state index contributed by atoms with van der Waals surface area (Å²) in [6.07, 6.45) is 1.89. The molecule has 2 N–H and O–H groups in total. The molecule has 2 aromatic heterocycles. The van der Waals surface area contributed by atoms with Crippen LogP contribution in [0.5, 0.6) is 5.75 Å². The van der Waals surface area contributed by atoms with E-state index in [9.17, 15) is 4.79 Å². The van der Waals surface area contributed by atoms with Gasteiger partial charge in [-0.3, -0.25) is 9.89 Å². The number of aromatic amines is 2. The number of fused-ring (bicyclic) bond motifs is 1. The molecule has 0 bridgehead atoms. The molecule has 0 unspecified atom stereocenters. The van der Waals surface area contributed by atoms with E-state index >= 15 is 0 Å². The van der Waals surface area contributed by atoms with Crippen LogP contribution in [0.2, 0.25) is 0 Å². The molecule has 1 saturated heterocycles. The number of ether oxygens (including phenoxy) is 1. The fourth-order valence-corrected chi connectivity index (χ4v) is 3.90. The van der Waals surface area contributed by atoms with Crippen molar-refractivity contribution in [3.05, 3.63) is 66.4 Å². The Kier molecular flexibility index (Phi) is 4.63. The van der Waals surface area contributed by atoms with Crippen molar-refractivity contribution < 1.29 is 9.53 Å². The van der Waals surface area contributed by atoms with Gasteiger partial charge in [-0.05, 0) is 54.1 Å². The SMILES string of the molecule is COc1ccc(-c2cc(N3CCN(C(=O)c4ccc5[nH]ccc5c4)CC3)n[nH]2)cc1. The number of nitrogens with one attached hydrogen (secondary N) is 2. The summed E-state index contributed by atoms with van der Waals surface area (Å²) in [4.78, 5) is 20.2. The Morgan fingerprint density at radius 3 is 2.57 bits per heavy atom. The van der Waals surface area contributed by atoms with Crippen molar-refractivity contribution >= 4 is 22.6 Å². The summed E-state index contributed by atoms with van der Waals surface area (Å²) in [7, 11) is 1.66. The molecular weight excluding hydrogens is 378 g/mol. The normalized spacial score (nSPS) is 14.3. The third-order valence-corrected chi connectivity index (χ3v) is 5.66. The third kappa shape index (κ3) is 3.39. The quantitative estimate of drug-likeness (QED) is 0.548. The van der Waals surface area contributed by atoms with Gasteiger partial charge in [-0.1, -0.05) is 0 Å². The van der Waals surface area contributed by atoms with Crippen LogP contribution in [0, 0.1) is 0 Å². The van der Waals surface area contributed by atoms with Crippen LogP contribution >= 0.6 is 0 Å². The highest BCUT2D eigenvalue weighted by Crippen LogP contribution is 2.25. The highest BCUT2D eigenvalue weighted by molar-refractivity contribution is 5.98. The third-order valence-electron chi connectivity index (χ3n) is 5.66. The van der Waals surface area contributed by atoms with Crippen molar-refractivity contribution in [2.45, 2.75) is 0 Å². The van der Waals surface area contributed by atoms with Crippen LogP contribution in [0.1, 0.15) is 10.4 Å². The first kappa shape index (κ1) is 18.3. The fourth-order valence-electron chi connectivity index (χ4n) is 3.90. The van der Waals surface area contributed by atoms with Gasteiger partial charge >= 0.3 is 0 Å². The zero-order valence-corrected chi connectivity index (χ0v) is 16.8. The molecule has 4 aromatic rings. The zero-order chi connectivity index (χ0) is 20.5. The summed E-state index contributed by atoms with van der Waals surface area (Å²) in [5.41, 5.74) is 3.80. The van der Waals surface area contributed by atoms with Crippen LogP contribution in [0.3, 0.4) is 0 Å². The number of aromatic nitrogens is 3. The van der Waals surface area contributed by atoms with Crippen LogP contribution < -0.4 is 9.64 Å². The van der Waals surface area contributed by atoms with Crippen LogP contribution in [0.25, 0.3) is 22.2 Å². The first-order valence-corrected chi connectivity index (χ1v) is 10.0. The monoisotopic (exact) mass is 401 g/mol. The van der Waals surface area contributed by atoms with Crippen molar-refractivity contribution in [1.29, 1.82) is 0 Å². The molecule has 1 aliphatic heterocycles. The summed E-state index contributed by atoms with van der Waals surface area (Å²) in [6, 6.07) is 17.7. The lowest BCUT2D eigenvalue weighted by atomic mass is 10.1. The Labute approximate surface area is 174 Å². The van der Waals surface area contributed by atoms with E-state index in [2.05, 4.69) is 26.1 Å². The Bertz CT molecular complexity index is 1170. The fraction of sp³-hybridized carbons (Fsp3) is 0.217. The number of carbonyl (C=O) groups is 1. The summed E-state index contributed by atoms with van der Waals surface area (Å²) >= 11 is 0. The Morgan fingerprint density at radius 1 is 1.00 bits per heavy atom. The minimum absolute atomic E-state index is 0.0821. The van der Waals surface area contributed by atoms with E-state index in [1.807, 2.05) is 59.6 Å². The maximum Gasteiger partial charge on any atom is 0.253 e. The van der Waals surface area contributed by atoms with E-state index in [0.29, 0.717) is 13.1 Å². The second-order valence-corrected chi connectivity index (χ2v) is 7.43. The molecule has 0 aliphatic carbocycles. The van der Waals surface area contributed by atoms with E-state index in [4.69, 9.17) is 4.74 Å². The number of piperazine rings is 1. The molecule has 0 saturated carbocycles. The van der Waals surface area contributed by atoms with Crippen LogP contribution in [-0.2, 0) is 0 Å². The van der Waals surface area contributed by atoms with Crippen molar-refractivity contribution in [1.82, 2.24) is 20.1 Å². The lowest BCUT2D eigenvalue weighted by Gasteiger charge is -2.34. The summed E-state index contributed by atoms with van der Waals surface area (Å²) in [6.45, 7) is 2.86. The standard InChI is InChI=1S/C23H23N5O2/c1-30-19-5-2-16(3-6-19)21-15-22(26-25-21)27-10-12-28(13-11-27)23(29)18-4-7-20-17(14-18)8-9-24-20/h2-9,14-15,24H,10-13H2,1H3,(H,25,26). The first-order valence-electron chi connectivity index (χ1n) is 10.0. The molecule has 0 radical (unpaired) electrons. The van der Waals surface area contributed by atoms with Gasteiger partial charge in [0.05, 0.1) is 12.8 Å². The minimum atomic E-state index is 0.0821. The predicted octanol–water partition coefficient (Wildman–Crippen LogP) is 3.53. The van der Waals surface area contributed by atoms with Gasteiger partial charge in [0.1, 0.15) is 5.75 Å². The Balaban J connectivity index is 1.24. The van der Waals surface area contributed by atoms with Gasteiger partial charge in [0.25, 0.3) is 5.91 Å². The number of hydrogen-bond acceptors (Lipinski definition) is 4. The first-order chi connectivity index (χ1) is 14.7. The molecule has 7 heteroatoms. The second-order valence-electron chi connectivity index (χ2n) is 7.43. The number of H-pyrrole nitrogens is 2. The maximum atomic E-state index is 12.9. The number of methoxy groups -OCH3 is 1. The minimum Gasteiger partial charge on any atom is -0.497 e. The number of rotatable bonds is 4. The molecular formula is C23H23N5O2. The lowest BCUT2D eigenvalue weighted by Crippen LogP contribution is -2.48. The lowest BCUT2D eigenvalue weighted by molar-refractivity contribution is 0.0746. The number of anilines is 1. The van der Waals surface area contributed by atoms with Gasteiger partial charge in [-0.15, -0.1) is 0 Å². The van der Waals surface area contributed by atoms with Gasteiger partial charge in [-0.25, -0.2) is 0 Å². The Morgan fingerprint density at radius 2 is 1.80 bits per heavy atom. The van der Waals surface area contributed by atoms with E-state index in [0.717, 1.165) is 52.4 Å². The van der Waals surface area contributed by atoms with Crippen molar-refractivity contribution in [2.75, 3.05) is 38.2 Å². The van der Waals surface area contributed by atoms with Gasteiger partial charge in [0, 0.05) is 54.9 Å². The average molecular weight is 401 g/mol. The molecule has 1 fully saturated rings. The Hall–Kier alpha value is -3.74. The number of hydrogen-bond donors (Lipinski definition) is 2. The number of benzene rings is 2. The van der Waals surface area contributed by atoms with Gasteiger partial charge in [0.2, 0.25) is 0 Å². The molecule has 7 nitrogen and oxygen atoms in total. The predicted molar refractivity (Wildman–Crippen MR) is 117 cm³/mol. The van der Waals surface area contributed by atoms with Crippen LogP contribution in [0.15, 0.2) is 60.8 Å². The van der Waals surface area contributed by atoms with E-state index in [-0.39, 0.29) is 5.91 Å². The summed E-state index contributed by atoms with van der Waals surface area (Å²) in [5.74, 6) is 1.82. The van der Waals surface area contributed by atoms with Crippen molar-refractivity contribution in [3.63, 3.8) is 0 Å². The van der Waals surface area contributed by atoms with E-state index in [1.54, 1.807) is 7.11 Å². The van der Waals surface area contributed by atoms with E-state index in [1.165, 1.54) is 0 Å². The van der Waals surface area contributed by atoms with Gasteiger partial charge in [-0.2, -0.15) is 5.10 Å². The number of carbonyl (C=O) groups excluding carboxylic acids is 1. The highest BCUT2D eigenvalue weighted by Gasteiger charge is 2.23. The van der Waals surface area contributed by atoms with Crippen molar-refractivity contribution in [3.8, 4) is 17.0 Å². The topological polar surface area (TPSA) is 77.2 Å². The molecule has 30 heavy (non-hydrogen) atoms. The zero-order valence-electron chi connectivity index (χ0n) is 16.8. The molecule has 0 spiro atoms. The second kappa shape index (κ2) is 7.59. The summed E-state index contributed by atoms with van der Waals surface area (Å²) in [5, 5.41) is 8.65. The van der Waals surface area contributed by atoms with Gasteiger partial charge in [0.15, 0.2) is 5.82 Å². The average Bonchev–Trinajstić information content (AvgIpc) is 3.48. The van der Waals surface area contributed by atoms with Gasteiger partial charge < -0.3 is 19.5 Å². The molecule has 152 valence electrons. The molecule has 3 heterocycles. The molecule has 5 rings (SSSR count). The highest BCUT2D eigenvalue weighted by atomic mass is 16.5. The van der Waals surface area contributed by atoms with Crippen LogP contribution in [-0.4, -0.2) is 59.3 Å². The number of amides is 1. The molecule has 1 amide bonds.